The number of hydrogen-bond acceptors (Lipinski definition) is 3. The van der Waals surface area contributed by atoms with Crippen molar-refractivity contribution in [2.24, 2.45) is 0 Å². The fourth-order valence-corrected chi connectivity index (χ4v) is 3.75. The van der Waals surface area contributed by atoms with Crippen LogP contribution in [-0.2, 0) is 17.9 Å². The molecule has 158 valence electrons. The summed E-state index contributed by atoms with van der Waals surface area (Å²) in [4.78, 5) is 17.1. The quantitative estimate of drug-likeness (QED) is 0.436. The van der Waals surface area contributed by atoms with Gasteiger partial charge in [-0.2, -0.15) is 5.10 Å². The Labute approximate surface area is 182 Å². The monoisotopic (exact) mass is 428 g/mol. The molecule has 1 amide bonds. The summed E-state index contributed by atoms with van der Waals surface area (Å²) < 4.78 is 29.1. The highest BCUT2D eigenvalue weighted by Crippen LogP contribution is 2.32. The molecule has 0 aliphatic heterocycles. The molecule has 5 aromatic rings. The zero-order valence-electron chi connectivity index (χ0n) is 16.9. The van der Waals surface area contributed by atoms with Crippen LogP contribution in [0.3, 0.4) is 0 Å². The number of benzene rings is 3. The highest BCUT2D eigenvalue weighted by atomic mass is 19.1. The molecule has 0 atom stereocenters. The molecule has 1 N–H and O–H groups in total. The average Bonchev–Trinajstić information content (AvgIpc) is 3.17. The van der Waals surface area contributed by atoms with Crippen LogP contribution < -0.4 is 5.32 Å². The van der Waals surface area contributed by atoms with Crippen molar-refractivity contribution in [2.75, 3.05) is 0 Å². The van der Waals surface area contributed by atoms with Crippen LogP contribution in [0.25, 0.3) is 33.1 Å². The van der Waals surface area contributed by atoms with E-state index in [9.17, 15) is 13.6 Å². The fraction of sp³-hybridized carbons (Fsp3) is 0.0800. The van der Waals surface area contributed by atoms with Crippen molar-refractivity contribution in [3.05, 3.63) is 96.2 Å². The van der Waals surface area contributed by atoms with E-state index in [1.807, 2.05) is 30.3 Å². The Morgan fingerprint density at radius 1 is 0.906 bits per heavy atom. The SMILES string of the molecule is O=C(Cn1nc(-c2ccc(F)cc2)c2cnc3ccc(F)cc3c21)NCc1ccccc1. The fourth-order valence-electron chi connectivity index (χ4n) is 3.75. The van der Waals surface area contributed by atoms with E-state index in [4.69, 9.17) is 0 Å². The van der Waals surface area contributed by atoms with E-state index in [1.165, 1.54) is 24.3 Å². The zero-order chi connectivity index (χ0) is 22.1. The summed E-state index contributed by atoms with van der Waals surface area (Å²) >= 11 is 0. The van der Waals surface area contributed by atoms with E-state index in [1.54, 1.807) is 29.1 Å². The van der Waals surface area contributed by atoms with Crippen molar-refractivity contribution >= 4 is 27.7 Å². The van der Waals surface area contributed by atoms with Gasteiger partial charge in [-0.25, -0.2) is 8.78 Å². The minimum Gasteiger partial charge on any atom is -0.350 e. The first kappa shape index (κ1) is 19.8. The molecule has 2 aromatic heterocycles. The number of amides is 1. The molecule has 0 bridgehead atoms. The largest absolute Gasteiger partial charge is 0.350 e. The topological polar surface area (TPSA) is 59.8 Å². The van der Waals surface area contributed by atoms with Crippen LogP contribution in [0.1, 0.15) is 5.56 Å². The minimum atomic E-state index is -0.406. The number of halogens is 2. The molecule has 0 radical (unpaired) electrons. The number of nitrogens with zero attached hydrogens (tertiary/aromatic N) is 3. The Bertz CT molecular complexity index is 1430. The number of carbonyl (C=O) groups is 1. The van der Waals surface area contributed by atoms with E-state index in [0.29, 0.717) is 39.6 Å². The van der Waals surface area contributed by atoms with Crippen LogP contribution in [0.5, 0.6) is 0 Å². The van der Waals surface area contributed by atoms with Crippen molar-refractivity contribution < 1.29 is 13.6 Å². The maximum atomic E-state index is 14.1. The summed E-state index contributed by atoms with van der Waals surface area (Å²) in [6, 6.07) is 19.8. The molecule has 7 heteroatoms. The first-order valence-electron chi connectivity index (χ1n) is 10.1. The maximum absolute atomic E-state index is 14.1. The number of fused-ring (bicyclic) bond motifs is 3. The molecule has 2 heterocycles. The van der Waals surface area contributed by atoms with Crippen LogP contribution in [0.2, 0.25) is 0 Å². The third-order valence-corrected chi connectivity index (χ3v) is 5.28. The van der Waals surface area contributed by atoms with Crippen molar-refractivity contribution in [1.29, 1.82) is 0 Å². The standard InChI is InChI=1S/C25H18F2N4O/c26-18-8-6-17(7-9-18)24-21-14-28-22-11-10-19(27)12-20(22)25(21)31(30-24)15-23(32)29-13-16-4-2-1-3-5-16/h1-12,14H,13,15H2,(H,29,32). The predicted molar refractivity (Wildman–Crippen MR) is 119 cm³/mol. The van der Waals surface area contributed by atoms with E-state index < -0.39 is 5.82 Å². The van der Waals surface area contributed by atoms with Gasteiger partial charge in [-0.15, -0.1) is 0 Å². The second-order valence-corrected chi connectivity index (χ2v) is 7.46. The summed E-state index contributed by atoms with van der Waals surface area (Å²) in [5, 5.41) is 8.74. The van der Waals surface area contributed by atoms with E-state index >= 15 is 0 Å². The zero-order valence-corrected chi connectivity index (χ0v) is 16.9. The number of aromatic nitrogens is 3. The molecule has 0 aliphatic carbocycles. The lowest BCUT2D eigenvalue weighted by molar-refractivity contribution is -0.121. The van der Waals surface area contributed by atoms with Crippen LogP contribution in [0.15, 0.2) is 79.0 Å². The molecular weight excluding hydrogens is 410 g/mol. The van der Waals surface area contributed by atoms with Gasteiger partial charge in [-0.3, -0.25) is 14.5 Å². The van der Waals surface area contributed by atoms with Gasteiger partial charge in [0.15, 0.2) is 0 Å². The van der Waals surface area contributed by atoms with Gasteiger partial charge in [-0.1, -0.05) is 30.3 Å². The molecule has 3 aromatic carbocycles. The van der Waals surface area contributed by atoms with Gasteiger partial charge in [0.1, 0.15) is 23.9 Å². The van der Waals surface area contributed by atoms with Crippen LogP contribution >= 0.6 is 0 Å². The second-order valence-electron chi connectivity index (χ2n) is 7.46. The Kier molecular flexibility index (Phi) is 5.07. The van der Waals surface area contributed by atoms with E-state index in [0.717, 1.165) is 5.56 Å². The van der Waals surface area contributed by atoms with Gasteiger partial charge in [0.05, 0.1) is 11.0 Å². The minimum absolute atomic E-state index is 0.0554. The molecule has 0 spiro atoms. The molecule has 5 nitrogen and oxygen atoms in total. The lowest BCUT2D eigenvalue weighted by atomic mass is 10.1. The molecule has 0 saturated heterocycles. The Morgan fingerprint density at radius 2 is 1.66 bits per heavy atom. The van der Waals surface area contributed by atoms with E-state index in [-0.39, 0.29) is 18.3 Å². The third-order valence-electron chi connectivity index (χ3n) is 5.28. The Hall–Kier alpha value is -4.13. The lowest BCUT2D eigenvalue weighted by Crippen LogP contribution is -2.27. The number of hydrogen-bond donors (Lipinski definition) is 1. The lowest BCUT2D eigenvalue weighted by Gasteiger charge is -2.08. The highest BCUT2D eigenvalue weighted by Gasteiger charge is 2.18. The number of pyridine rings is 1. The molecule has 32 heavy (non-hydrogen) atoms. The molecule has 0 aliphatic rings. The van der Waals surface area contributed by atoms with Gasteiger partial charge in [-0.05, 0) is 48.0 Å². The van der Waals surface area contributed by atoms with Gasteiger partial charge in [0, 0.05) is 29.1 Å². The van der Waals surface area contributed by atoms with Crippen molar-refractivity contribution in [2.45, 2.75) is 13.1 Å². The number of carbonyl (C=O) groups excluding carboxylic acids is 1. The molecular formula is C25H18F2N4O. The predicted octanol–water partition coefficient (Wildman–Crippen LogP) is 4.85. The maximum Gasteiger partial charge on any atom is 0.242 e. The Balaban J connectivity index is 1.58. The summed E-state index contributed by atoms with van der Waals surface area (Å²) in [6.07, 6.45) is 1.65. The van der Waals surface area contributed by atoms with Crippen molar-refractivity contribution in [3.8, 4) is 11.3 Å². The molecule has 0 unspecified atom stereocenters. The number of rotatable bonds is 5. The average molecular weight is 428 g/mol. The summed E-state index contributed by atoms with van der Waals surface area (Å²) in [5.74, 6) is -0.995. The second kappa shape index (κ2) is 8.19. The normalized spacial score (nSPS) is 11.2. The number of nitrogens with one attached hydrogen (secondary N) is 1. The van der Waals surface area contributed by atoms with Crippen molar-refractivity contribution in [1.82, 2.24) is 20.1 Å². The van der Waals surface area contributed by atoms with Gasteiger partial charge < -0.3 is 5.32 Å². The van der Waals surface area contributed by atoms with Crippen LogP contribution in [0.4, 0.5) is 8.78 Å². The third kappa shape index (κ3) is 3.80. The summed E-state index contributed by atoms with van der Waals surface area (Å²) in [6.45, 7) is 0.334. The smallest absolute Gasteiger partial charge is 0.242 e. The van der Waals surface area contributed by atoms with Gasteiger partial charge in [0.25, 0.3) is 0 Å². The van der Waals surface area contributed by atoms with Crippen LogP contribution in [-0.4, -0.2) is 20.7 Å². The van der Waals surface area contributed by atoms with Gasteiger partial charge in [0.2, 0.25) is 5.91 Å². The summed E-state index contributed by atoms with van der Waals surface area (Å²) in [7, 11) is 0. The first-order valence-corrected chi connectivity index (χ1v) is 10.1. The molecule has 0 saturated carbocycles. The molecule has 5 rings (SSSR count). The highest BCUT2D eigenvalue weighted by molar-refractivity contribution is 6.08. The van der Waals surface area contributed by atoms with Crippen molar-refractivity contribution in [3.63, 3.8) is 0 Å². The van der Waals surface area contributed by atoms with E-state index in [2.05, 4.69) is 15.4 Å². The summed E-state index contributed by atoms with van der Waals surface area (Å²) in [5.41, 5.74) is 3.40. The van der Waals surface area contributed by atoms with Gasteiger partial charge >= 0.3 is 0 Å². The van der Waals surface area contributed by atoms with Crippen LogP contribution in [0, 0.1) is 11.6 Å². The Morgan fingerprint density at radius 3 is 2.44 bits per heavy atom. The molecule has 0 fully saturated rings. The first-order chi connectivity index (χ1) is 15.6.